The lowest BCUT2D eigenvalue weighted by Gasteiger charge is -2.09. The van der Waals surface area contributed by atoms with Crippen molar-refractivity contribution in [1.29, 1.82) is 0 Å². The van der Waals surface area contributed by atoms with Crippen molar-refractivity contribution in [2.75, 3.05) is 6.61 Å². The summed E-state index contributed by atoms with van der Waals surface area (Å²) in [6.45, 7) is 4.11. The Balaban J connectivity index is 2.47. The molecule has 0 amide bonds. The fourth-order valence-corrected chi connectivity index (χ4v) is 1.60. The zero-order valence-corrected chi connectivity index (χ0v) is 11.2. The quantitative estimate of drug-likeness (QED) is 0.779. The van der Waals surface area contributed by atoms with E-state index in [0.29, 0.717) is 0 Å². The summed E-state index contributed by atoms with van der Waals surface area (Å²) in [6, 6.07) is 7.70. The van der Waals surface area contributed by atoms with Crippen LogP contribution < -0.4 is 4.74 Å². The molecule has 0 aliphatic carbocycles. The average Bonchev–Trinajstić information content (AvgIpc) is 2.25. The molecule has 3 heteroatoms. The van der Waals surface area contributed by atoms with Gasteiger partial charge in [-0.25, -0.2) is 0 Å². The Bertz CT molecular complexity index is 336. The van der Waals surface area contributed by atoms with Gasteiger partial charge >= 0.3 is 0 Å². The molecule has 0 heterocycles. The van der Waals surface area contributed by atoms with Crippen molar-refractivity contribution in [2.24, 2.45) is 5.92 Å². The highest BCUT2D eigenvalue weighted by Gasteiger charge is 2.10. The standard InChI is InChI=1S/C12H15IO2/c1-3-9(2)12(14)8-15-11-6-4-5-10(13)7-11/h4-7,9H,3,8H2,1-2H3. The molecule has 0 radical (unpaired) electrons. The van der Waals surface area contributed by atoms with Crippen molar-refractivity contribution in [1.82, 2.24) is 0 Å². The number of benzene rings is 1. The fraction of sp³-hybridized carbons (Fsp3) is 0.417. The minimum absolute atomic E-state index is 0.0905. The van der Waals surface area contributed by atoms with Crippen LogP contribution in [0.15, 0.2) is 24.3 Å². The first-order chi connectivity index (χ1) is 7.13. The van der Waals surface area contributed by atoms with Gasteiger partial charge in [-0.3, -0.25) is 4.79 Å². The lowest BCUT2D eigenvalue weighted by Crippen LogP contribution is -2.18. The van der Waals surface area contributed by atoms with Crippen LogP contribution in [0.5, 0.6) is 5.75 Å². The van der Waals surface area contributed by atoms with Gasteiger partial charge in [0.25, 0.3) is 0 Å². The number of hydrogen-bond acceptors (Lipinski definition) is 2. The Kier molecular flexibility index (Phi) is 5.08. The minimum Gasteiger partial charge on any atom is -0.486 e. The first-order valence-corrected chi connectivity index (χ1v) is 6.12. The molecule has 0 aliphatic rings. The van der Waals surface area contributed by atoms with Crippen molar-refractivity contribution >= 4 is 28.4 Å². The van der Waals surface area contributed by atoms with E-state index in [-0.39, 0.29) is 18.3 Å². The molecule has 0 fully saturated rings. The highest BCUT2D eigenvalue weighted by molar-refractivity contribution is 14.1. The van der Waals surface area contributed by atoms with Gasteiger partial charge < -0.3 is 4.74 Å². The molecule has 0 N–H and O–H groups in total. The summed E-state index contributed by atoms with van der Waals surface area (Å²) in [5.74, 6) is 1.02. The number of rotatable bonds is 5. The molecule has 2 nitrogen and oxygen atoms in total. The highest BCUT2D eigenvalue weighted by Crippen LogP contribution is 2.15. The van der Waals surface area contributed by atoms with E-state index >= 15 is 0 Å². The van der Waals surface area contributed by atoms with Gasteiger partial charge in [-0.15, -0.1) is 0 Å². The van der Waals surface area contributed by atoms with E-state index in [9.17, 15) is 4.79 Å². The van der Waals surface area contributed by atoms with Crippen LogP contribution >= 0.6 is 22.6 Å². The topological polar surface area (TPSA) is 26.3 Å². The Morgan fingerprint density at radius 3 is 2.87 bits per heavy atom. The Hall–Kier alpha value is -0.580. The average molecular weight is 318 g/mol. The molecule has 0 bridgehead atoms. The summed E-state index contributed by atoms with van der Waals surface area (Å²) in [4.78, 5) is 11.5. The van der Waals surface area contributed by atoms with Gasteiger partial charge in [-0.2, -0.15) is 0 Å². The minimum atomic E-state index is 0.0905. The molecule has 0 saturated heterocycles. The van der Waals surface area contributed by atoms with E-state index in [1.807, 2.05) is 38.1 Å². The van der Waals surface area contributed by atoms with Crippen LogP contribution in [0.4, 0.5) is 0 Å². The normalized spacial score (nSPS) is 12.2. The van der Waals surface area contributed by atoms with E-state index in [4.69, 9.17) is 4.74 Å². The highest BCUT2D eigenvalue weighted by atomic mass is 127. The predicted molar refractivity (Wildman–Crippen MR) is 69.1 cm³/mol. The van der Waals surface area contributed by atoms with Crippen LogP contribution in [0.1, 0.15) is 20.3 Å². The second-order valence-corrected chi connectivity index (χ2v) is 4.77. The number of carbonyl (C=O) groups is 1. The first kappa shape index (κ1) is 12.5. The second kappa shape index (κ2) is 6.10. The van der Waals surface area contributed by atoms with Crippen LogP contribution in [0, 0.1) is 9.49 Å². The fourth-order valence-electron chi connectivity index (χ4n) is 1.08. The van der Waals surface area contributed by atoms with E-state index in [1.54, 1.807) is 0 Å². The maximum absolute atomic E-state index is 11.5. The third-order valence-corrected chi connectivity index (χ3v) is 3.01. The summed E-state index contributed by atoms with van der Waals surface area (Å²) in [5, 5.41) is 0. The number of ether oxygens (including phenoxy) is 1. The zero-order chi connectivity index (χ0) is 11.3. The largest absolute Gasteiger partial charge is 0.486 e. The number of carbonyl (C=O) groups excluding carboxylic acids is 1. The molecule has 1 aromatic carbocycles. The summed E-state index contributed by atoms with van der Waals surface area (Å²) < 4.78 is 6.53. The molecule has 1 aromatic rings. The summed E-state index contributed by atoms with van der Waals surface area (Å²) in [7, 11) is 0. The first-order valence-electron chi connectivity index (χ1n) is 5.04. The lowest BCUT2D eigenvalue weighted by atomic mass is 10.1. The molecular weight excluding hydrogens is 303 g/mol. The van der Waals surface area contributed by atoms with Gasteiger partial charge in [-0.1, -0.05) is 19.9 Å². The number of halogens is 1. The lowest BCUT2D eigenvalue weighted by molar-refractivity contribution is -0.124. The number of ketones is 1. The maximum Gasteiger partial charge on any atom is 0.172 e. The summed E-state index contributed by atoms with van der Waals surface area (Å²) in [6.07, 6.45) is 0.870. The Labute approximate surface area is 104 Å². The Morgan fingerprint density at radius 2 is 2.27 bits per heavy atom. The molecule has 0 saturated carbocycles. The molecule has 0 aliphatic heterocycles. The van der Waals surface area contributed by atoms with Gasteiger partial charge in [0.15, 0.2) is 5.78 Å². The van der Waals surface area contributed by atoms with Crippen LogP contribution in [-0.4, -0.2) is 12.4 Å². The zero-order valence-electron chi connectivity index (χ0n) is 9.00. The molecule has 0 aromatic heterocycles. The molecule has 0 spiro atoms. The van der Waals surface area contributed by atoms with Gasteiger partial charge in [0.1, 0.15) is 12.4 Å². The number of hydrogen-bond donors (Lipinski definition) is 0. The van der Waals surface area contributed by atoms with Gasteiger partial charge in [-0.05, 0) is 47.2 Å². The smallest absolute Gasteiger partial charge is 0.172 e. The van der Waals surface area contributed by atoms with Crippen molar-refractivity contribution in [3.05, 3.63) is 27.8 Å². The number of Topliss-reactive ketones (excluding diaryl/α,β-unsaturated/α-hetero) is 1. The van der Waals surface area contributed by atoms with Crippen molar-refractivity contribution in [3.8, 4) is 5.75 Å². The summed E-state index contributed by atoms with van der Waals surface area (Å²) in [5.41, 5.74) is 0. The van der Waals surface area contributed by atoms with Crippen molar-refractivity contribution in [3.63, 3.8) is 0 Å². The third-order valence-electron chi connectivity index (χ3n) is 2.34. The van der Waals surface area contributed by atoms with Crippen molar-refractivity contribution < 1.29 is 9.53 Å². The van der Waals surface area contributed by atoms with E-state index in [0.717, 1.165) is 15.7 Å². The van der Waals surface area contributed by atoms with Gasteiger partial charge in [0.05, 0.1) is 0 Å². The van der Waals surface area contributed by atoms with Crippen molar-refractivity contribution in [2.45, 2.75) is 20.3 Å². The SMILES string of the molecule is CCC(C)C(=O)COc1cccc(I)c1. The van der Waals surface area contributed by atoms with E-state index in [1.165, 1.54) is 0 Å². The Morgan fingerprint density at radius 1 is 1.53 bits per heavy atom. The second-order valence-electron chi connectivity index (χ2n) is 3.52. The molecule has 1 unspecified atom stereocenters. The van der Waals surface area contributed by atoms with E-state index in [2.05, 4.69) is 22.6 Å². The van der Waals surface area contributed by atoms with Gasteiger partial charge in [0.2, 0.25) is 0 Å². The molecule has 1 atom stereocenters. The van der Waals surface area contributed by atoms with Crippen LogP contribution in [0.3, 0.4) is 0 Å². The molecule has 1 rings (SSSR count). The summed E-state index contributed by atoms with van der Waals surface area (Å²) >= 11 is 2.22. The third kappa shape index (κ3) is 4.20. The molecule has 82 valence electrons. The maximum atomic E-state index is 11.5. The van der Waals surface area contributed by atoms with Crippen LogP contribution in [0.2, 0.25) is 0 Å². The molecule has 15 heavy (non-hydrogen) atoms. The van der Waals surface area contributed by atoms with E-state index < -0.39 is 0 Å². The molecular formula is C12H15IO2. The monoisotopic (exact) mass is 318 g/mol. The van der Waals surface area contributed by atoms with Crippen LogP contribution in [-0.2, 0) is 4.79 Å². The van der Waals surface area contributed by atoms with Gasteiger partial charge in [0, 0.05) is 9.49 Å². The predicted octanol–water partition coefficient (Wildman–Crippen LogP) is 3.29. The van der Waals surface area contributed by atoms with Crippen LogP contribution in [0.25, 0.3) is 0 Å².